The van der Waals surface area contributed by atoms with Gasteiger partial charge in [0.25, 0.3) is 5.91 Å². The second kappa shape index (κ2) is 7.79. The lowest BCUT2D eigenvalue weighted by Gasteiger charge is -2.15. The number of aromatic nitrogens is 4. The fraction of sp³-hybridized carbons (Fsp3) is 0.0500. The van der Waals surface area contributed by atoms with Gasteiger partial charge in [-0.2, -0.15) is 23.4 Å². The van der Waals surface area contributed by atoms with E-state index in [1.807, 2.05) is 0 Å². The maximum Gasteiger partial charge on any atom is 0.418 e. The summed E-state index contributed by atoms with van der Waals surface area (Å²) in [5, 5.41) is 10.4. The molecule has 0 bridgehead atoms. The fourth-order valence-electron chi connectivity index (χ4n) is 2.84. The molecule has 0 fully saturated rings. The van der Waals surface area contributed by atoms with Crippen molar-refractivity contribution in [2.75, 3.05) is 5.32 Å². The highest BCUT2D eigenvalue weighted by Crippen LogP contribution is 2.36. The van der Waals surface area contributed by atoms with Gasteiger partial charge in [-0.25, -0.2) is 9.36 Å². The van der Waals surface area contributed by atoms with Crippen LogP contribution >= 0.6 is 15.9 Å². The molecule has 0 aliphatic carbocycles. The van der Waals surface area contributed by atoms with E-state index in [1.165, 1.54) is 41.3 Å². The zero-order valence-electron chi connectivity index (χ0n) is 15.1. The van der Waals surface area contributed by atoms with E-state index >= 15 is 0 Å². The first-order valence-electron chi connectivity index (χ1n) is 8.64. The second-order valence-corrected chi connectivity index (χ2v) is 7.20. The maximum absolute atomic E-state index is 13.6. The minimum Gasteiger partial charge on any atom is -0.321 e. The molecule has 4 rings (SSSR count). The van der Waals surface area contributed by atoms with Crippen molar-refractivity contribution in [1.29, 1.82) is 0 Å². The Morgan fingerprint density at radius 3 is 2.33 bits per heavy atom. The van der Waals surface area contributed by atoms with Gasteiger partial charge in [0.05, 0.1) is 33.3 Å². The molecule has 30 heavy (non-hydrogen) atoms. The molecule has 0 saturated carbocycles. The molecule has 4 aromatic rings. The van der Waals surface area contributed by atoms with Gasteiger partial charge in [0, 0.05) is 24.2 Å². The summed E-state index contributed by atoms with van der Waals surface area (Å²) in [4.78, 5) is 12.5. The van der Waals surface area contributed by atoms with Crippen LogP contribution in [0, 0.1) is 0 Å². The number of alkyl halides is 3. The van der Waals surface area contributed by atoms with Crippen molar-refractivity contribution in [3.63, 3.8) is 0 Å². The zero-order chi connectivity index (χ0) is 21.3. The minimum absolute atomic E-state index is 0.217. The number of anilines is 1. The number of nitrogens with one attached hydrogen (secondary N) is 1. The molecule has 1 amide bonds. The van der Waals surface area contributed by atoms with Crippen LogP contribution in [-0.4, -0.2) is 25.5 Å². The molecule has 0 unspecified atom stereocenters. The van der Waals surface area contributed by atoms with E-state index < -0.39 is 17.6 Å². The van der Waals surface area contributed by atoms with Crippen molar-refractivity contribution in [3.05, 3.63) is 88.9 Å². The number of benzene rings is 2. The Hall–Kier alpha value is -3.40. The number of amides is 1. The van der Waals surface area contributed by atoms with Crippen LogP contribution in [0.25, 0.3) is 11.4 Å². The normalized spacial score (nSPS) is 11.5. The highest BCUT2D eigenvalue weighted by molar-refractivity contribution is 9.10. The summed E-state index contributed by atoms with van der Waals surface area (Å²) in [6.07, 6.45) is 1.71. The van der Waals surface area contributed by atoms with Gasteiger partial charge < -0.3 is 5.32 Å². The van der Waals surface area contributed by atoms with Gasteiger partial charge >= 0.3 is 6.18 Å². The van der Waals surface area contributed by atoms with Crippen molar-refractivity contribution >= 4 is 27.5 Å². The van der Waals surface area contributed by atoms with Gasteiger partial charge in [0.1, 0.15) is 0 Å². The summed E-state index contributed by atoms with van der Waals surface area (Å²) in [6, 6.07) is 11.6. The topological polar surface area (TPSA) is 64.7 Å². The van der Waals surface area contributed by atoms with Crippen LogP contribution < -0.4 is 5.32 Å². The van der Waals surface area contributed by atoms with Crippen LogP contribution in [0.5, 0.6) is 0 Å². The molecule has 0 radical (unpaired) electrons. The molecule has 0 saturated heterocycles. The molecular weight excluding hydrogens is 463 g/mol. The first-order valence-corrected chi connectivity index (χ1v) is 9.44. The SMILES string of the molecule is O=C(Nc1ccc(-n2cccn2)cc1C(F)(F)F)c1ccc(-n2cc(Br)cn2)cc1. The average molecular weight is 476 g/mol. The zero-order valence-corrected chi connectivity index (χ0v) is 16.7. The third-order valence-corrected chi connectivity index (χ3v) is 4.68. The van der Waals surface area contributed by atoms with Crippen LogP contribution in [0.1, 0.15) is 15.9 Å². The summed E-state index contributed by atoms with van der Waals surface area (Å²) < 4.78 is 44.4. The van der Waals surface area contributed by atoms with E-state index in [1.54, 1.807) is 35.3 Å². The fourth-order valence-corrected chi connectivity index (χ4v) is 3.13. The van der Waals surface area contributed by atoms with Crippen LogP contribution in [0.3, 0.4) is 0 Å². The third-order valence-electron chi connectivity index (χ3n) is 4.27. The lowest BCUT2D eigenvalue weighted by molar-refractivity contribution is -0.136. The van der Waals surface area contributed by atoms with Gasteiger partial charge in [-0.05, 0) is 64.5 Å². The summed E-state index contributed by atoms with van der Waals surface area (Å²) >= 11 is 3.30. The molecule has 6 nitrogen and oxygen atoms in total. The molecule has 152 valence electrons. The molecule has 0 spiro atoms. The smallest absolute Gasteiger partial charge is 0.321 e. The predicted octanol–water partition coefficient (Wildman–Crippen LogP) is 5.09. The van der Waals surface area contributed by atoms with Crippen LogP contribution in [0.15, 0.2) is 77.8 Å². The Bertz CT molecular complexity index is 1180. The molecule has 0 aliphatic rings. The van der Waals surface area contributed by atoms with Crippen LogP contribution in [0.4, 0.5) is 18.9 Å². The van der Waals surface area contributed by atoms with E-state index in [9.17, 15) is 18.0 Å². The Labute approximate surface area is 177 Å². The van der Waals surface area contributed by atoms with E-state index in [4.69, 9.17) is 0 Å². The molecule has 0 atom stereocenters. The summed E-state index contributed by atoms with van der Waals surface area (Å²) in [7, 11) is 0. The maximum atomic E-state index is 13.6. The largest absolute Gasteiger partial charge is 0.418 e. The summed E-state index contributed by atoms with van der Waals surface area (Å²) in [5.74, 6) is -0.652. The van der Waals surface area contributed by atoms with Gasteiger partial charge in [0.15, 0.2) is 0 Å². The van der Waals surface area contributed by atoms with Crippen molar-refractivity contribution < 1.29 is 18.0 Å². The highest BCUT2D eigenvalue weighted by atomic mass is 79.9. The van der Waals surface area contributed by atoms with Crippen LogP contribution in [-0.2, 0) is 6.18 Å². The Kier molecular flexibility index (Phi) is 5.17. The molecule has 2 aromatic carbocycles. The number of hydrogen-bond acceptors (Lipinski definition) is 3. The lowest BCUT2D eigenvalue weighted by Crippen LogP contribution is -2.17. The Morgan fingerprint density at radius 2 is 1.73 bits per heavy atom. The standard InChI is InChI=1S/C20H13BrF3N5O/c21-14-11-26-29(12-14)15-4-2-13(3-5-15)19(30)27-18-7-6-16(28-9-1-8-25-28)10-17(18)20(22,23)24/h1-12H,(H,27,30). The number of nitrogens with zero attached hydrogens (tertiary/aromatic N) is 4. The number of carbonyl (C=O) groups excluding carboxylic acids is 1. The number of rotatable bonds is 4. The van der Waals surface area contributed by atoms with E-state index in [0.717, 1.165) is 10.5 Å². The molecule has 2 aromatic heterocycles. The van der Waals surface area contributed by atoms with Crippen molar-refractivity contribution in [2.45, 2.75) is 6.18 Å². The molecular formula is C20H13BrF3N5O. The van der Waals surface area contributed by atoms with Gasteiger partial charge in [-0.3, -0.25) is 4.79 Å². The van der Waals surface area contributed by atoms with Crippen molar-refractivity contribution in [1.82, 2.24) is 19.6 Å². The first-order chi connectivity index (χ1) is 14.3. The van der Waals surface area contributed by atoms with Gasteiger partial charge in [0.2, 0.25) is 0 Å². The minimum atomic E-state index is -4.65. The highest BCUT2D eigenvalue weighted by Gasteiger charge is 2.34. The predicted molar refractivity (Wildman–Crippen MR) is 108 cm³/mol. The van der Waals surface area contributed by atoms with E-state index in [2.05, 4.69) is 31.4 Å². The monoisotopic (exact) mass is 475 g/mol. The summed E-state index contributed by atoms with van der Waals surface area (Å²) in [6.45, 7) is 0. The number of hydrogen-bond donors (Lipinski definition) is 1. The quantitative estimate of drug-likeness (QED) is 0.446. The molecule has 10 heteroatoms. The van der Waals surface area contributed by atoms with E-state index in [0.29, 0.717) is 5.69 Å². The average Bonchev–Trinajstić information content (AvgIpc) is 3.39. The molecule has 2 heterocycles. The van der Waals surface area contributed by atoms with Crippen LogP contribution in [0.2, 0.25) is 0 Å². The van der Waals surface area contributed by atoms with Crippen molar-refractivity contribution in [3.8, 4) is 11.4 Å². The van der Waals surface area contributed by atoms with Crippen molar-refractivity contribution in [2.24, 2.45) is 0 Å². The Balaban J connectivity index is 1.59. The molecule has 1 N–H and O–H groups in total. The number of carbonyl (C=O) groups is 1. The summed E-state index contributed by atoms with van der Waals surface area (Å²) in [5.41, 5.74) is -0.128. The first kappa shape index (κ1) is 19.9. The van der Waals surface area contributed by atoms with Gasteiger partial charge in [-0.15, -0.1) is 0 Å². The Morgan fingerprint density at radius 1 is 1.00 bits per heavy atom. The van der Waals surface area contributed by atoms with Gasteiger partial charge in [-0.1, -0.05) is 0 Å². The van der Waals surface area contributed by atoms with E-state index in [-0.39, 0.29) is 16.9 Å². The second-order valence-electron chi connectivity index (χ2n) is 6.28. The number of halogens is 4. The lowest BCUT2D eigenvalue weighted by atomic mass is 10.1. The third kappa shape index (κ3) is 4.13. The molecule has 0 aliphatic heterocycles.